The second-order valence-corrected chi connectivity index (χ2v) is 21.3. The molecule has 0 fully saturated rings. The Morgan fingerprint density at radius 2 is 0.419 bits per heavy atom. The van der Waals surface area contributed by atoms with Gasteiger partial charge in [0.1, 0.15) is 0 Å². The smallest absolute Gasteiger partial charge is 0.308 e. The lowest BCUT2D eigenvalue weighted by atomic mass is 10.0. The quantitative estimate of drug-likeness (QED) is 0.0356. The van der Waals surface area contributed by atoms with E-state index < -0.39 is 0 Å². The number of hydrogen-bond acceptors (Lipinski definition) is 6. The number of para-hydroxylation sites is 1. The van der Waals surface area contributed by atoms with Crippen LogP contribution in [0.3, 0.4) is 0 Å². The lowest BCUT2D eigenvalue weighted by Gasteiger charge is -2.23. The molecule has 14 nitrogen and oxygen atoms in total. The number of aryl methyl sites for hydroxylation is 2. The summed E-state index contributed by atoms with van der Waals surface area (Å²) in [5.41, 5.74) is 16.5. The largest absolute Gasteiger partial charge is 0.323 e. The van der Waals surface area contributed by atoms with Crippen molar-refractivity contribution in [3.8, 4) is 11.1 Å². The van der Waals surface area contributed by atoms with E-state index in [1.807, 2.05) is 232 Å². The minimum Gasteiger partial charge on any atom is -0.308 e. The number of urea groups is 4. The number of amides is 8. The standard InChI is InChI=1S/C72H68N10O4/c1-51-13-31-62(32-14-51)74-70(84)77-65-39-23-57(24-40-65)49-82(50-58-25-41-66(42-26-58)78-71(85)75-63-33-15-52(2)16-34-63)46-54-17-27-59(28-18-54)60-29-43-68(44-30-60)80-72(86)79-67-37-21-56(22-38-67)48-81(45-53-9-5-3-6-10-53)47-55-19-35-64(36-20-55)76-69(83)73-61-11-7-4-8-12-61/h3-44H,45-50H2,1-2H3,(H2,73,76,83)(H2,74,77,84)(H2,75,78,85)(H2,79,80,86). The van der Waals surface area contributed by atoms with Crippen molar-refractivity contribution in [1.29, 1.82) is 0 Å². The van der Waals surface area contributed by atoms with Crippen LogP contribution in [0.2, 0.25) is 0 Å². The van der Waals surface area contributed by atoms with E-state index >= 15 is 0 Å². The fourth-order valence-corrected chi connectivity index (χ4v) is 9.76. The SMILES string of the molecule is Cc1ccc(NC(=O)Nc2ccc(CN(Cc3ccc(NC(=O)Nc4ccc(C)cc4)cc3)Cc3ccc(-c4ccc(NC(=O)Nc5ccc(CN(Cc6ccccc6)Cc6ccc(NC(=O)Nc7ccccc7)cc6)cc5)cc4)cc3)cc2)cc1. The van der Waals surface area contributed by atoms with Crippen molar-refractivity contribution in [3.05, 3.63) is 299 Å². The summed E-state index contributed by atoms with van der Waals surface area (Å²) in [6.45, 7) is 8.02. The van der Waals surface area contributed by atoms with Gasteiger partial charge in [0, 0.05) is 84.8 Å². The van der Waals surface area contributed by atoms with Crippen molar-refractivity contribution in [3.63, 3.8) is 0 Å². The fraction of sp³-hybridized carbons (Fsp3) is 0.111. The summed E-state index contributed by atoms with van der Waals surface area (Å²) in [7, 11) is 0. The number of anilines is 8. The maximum atomic E-state index is 13.3. The van der Waals surface area contributed by atoms with Crippen LogP contribution < -0.4 is 42.5 Å². The number of nitrogens with one attached hydrogen (secondary N) is 8. The van der Waals surface area contributed by atoms with Gasteiger partial charge in [0.15, 0.2) is 0 Å². The summed E-state index contributed by atoms with van der Waals surface area (Å²) in [5, 5.41) is 23.4. The Morgan fingerprint density at radius 3 is 0.686 bits per heavy atom. The zero-order valence-electron chi connectivity index (χ0n) is 48.0. The van der Waals surface area contributed by atoms with Crippen molar-refractivity contribution < 1.29 is 19.2 Å². The molecule has 8 amide bonds. The van der Waals surface area contributed by atoms with Gasteiger partial charge in [-0.1, -0.05) is 169 Å². The third-order valence-corrected chi connectivity index (χ3v) is 14.2. The molecule has 0 spiro atoms. The van der Waals surface area contributed by atoms with E-state index in [1.54, 1.807) is 0 Å². The van der Waals surface area contributed by atoms with Gasteiger partial charge in [0.2, 0.25) is 0 Å². The summed E-state index contributed by atoms with van der Waals surface area (Å²) >= 11 is 0. The molecule has 10 aromatic carbocycles. The van der Waals surface area contributed by atoms with Crippen LogP contribution in [-0.4, -0.2) is 33.9 Å². The first-order chi connectivity index (χ1) is 41.9. The molecule has 0 saturated carbocycles. The first-order valence-electron chi connectivity index (χ1n) is 28.5. The monoisotopic (exact) mass is 1140 g/mol. The van der Waals surface area contributed by atoms with Gasteiger partial charge in [0.25, 0.3) is 0 Å². The molecule has 0 atom stereocenters. The van der Waals surface area contributed by atoms with Crippen LogP contribution in [0.25, 0.3) is 11.1 Å². The van der Waals surface area contributed by atoms with E-state index in [-0.39, 0.29) is 24.1 Å². The summed E-state index contributed by atoms with van der Waals surface area (Å²) in [4.78, 5) is 56.2. The molecule has 0 bridgehead atoms. The highest BCUT2D eigenvalue weighted by molar-refractivity contribution is 6.02. The van der Waals surface area contributed by atoms with Crippen LogP contribution in [0, 0.1) is 13.8 Å². The molecule has 8 N–H and O–H groups in total. The fourth-order valence-electron chi connectivity index (χ4n) is 9.76. The molecule has 10 aromatic rings. The predicted octanol–water partition coefficient (Wildman–Crippen LogP) is 17.0. The summed E-state index contributed by atoms with van der Waals surface area (Å²) in [6, 6.07) is 81.6. The van der Waals surface area contributed by atoms with Crippen LogP contribution in [0.1, 0.15) is 44.5 Å². The number of hydrogen-bond donors (Lipinski definition) is 8. The van der Waals surface area contributed by atoms with Gasteiger partial charge in [-0.25, -0.2) is 19.2 Å². The van der Waals surface area contributed by atoms with Crippen LogP contribution in [0.4, 0.5) is 64.7 Å². The van der Waals surface area contributed by atoms with Crippen LogP contribution in [0.5, 0.6) is 0 Å². The molecule has 0 aromatic heterocycles. The lowest BCUT2D eigenvalue weighted by molar-refractivity contribution is 0.247. The Hall–Kier alpha value is -10.8. The minimum atomic E-state index is -0.344. The lowest BCUT2D eigenvalue weighted by Crippen LogP contribution is -2.23. The van der Waals surface area contributed by atoms with Gasteiger partial charge >= 0.3 is 24.1 Å². The van der Waals surface area contributed by atoms with Gasteiger partial charge in [-0.15, -0.1) is 0 Å². The van der Waals surface area contributed by atoms with Crippen molar-refractivity contribution in [2.75, 3.05) is 42.5 Å². The van der Waals surface area contributed by atoms with E-state index in [0.717, 1.165) is 62.3 Å². The first kappa shape index (κ1) is 58.4. The summed E-state index contributed by atoms with van der Waals surface area (Å²) < 4.78 is 0. The Labute approximate surface area is 502 Å². The average Bonchev–Trinajstić information content (AvgIpc) is 3.72. The highest BCUT2D eigenvalue weighted by atomic mass is 16.2. The maximum absolute atomic E-state index is 13.3. The normalized spacial score (nSPS) is 10.9. The van der Waals surface area contributed by atoms with Crippen LogP contribution >= 0.6 is 0 Å². The molecule has 430 valence electrons. The van der Waals surface area contributed by atoms with E-state index in [2.05, 4.69) is 88.7 Å². The predicted molar refractivity (Wildman–Crippen MR) is 349 cm³/mol. The van der Waals surface area contributed by atoms with Crippen molar-refractivity contribution in [2.45, 2.75) is 53.1 Å². The number of benzene rings is 10. The van der Waals surface area contributed by atoms with Gasteiger partial charge in [-0.05, 0) is 155 Å². The molecule has 86 heavy (non-hydrogen) atoms. The van der Waals surface area contributed by atoms with E-state index in [4.69, 9.17) is 0 Å². The van der Waals surface area contributed by atoms with Crippen molar-refractivity contribution >= 4 is 69.6 Å². The molecule has 0 aliphatic carbocycles. The molecule has 0 aliphatic rings. The Kier molecular flexibility index (Phi) is 19.7. The van der Waals surface area contributed by atoms with Gasteiger partial charge in [-0.2, -0.15) is 0 Å². The van der Waals surface area contributed by atoms with E-state index in [9.17, 15) is 19.2 Å². The average molecular weight is 1140 g/mol. The van der Waals surface area contributed by atoms with Crippen LogP contribution in [-0.2, 0) is 39.3 Å². The Bertz CT molecular complexity index is 3710. The Balaban J connectivity index is 0.729. The zero-order valence-corrected chi connectivity index (χ0v) is 48.0. The molecule has 10 rings (SSSR count). The second-order valence-electron chi connectivity index (χ2n) is 21.3. The molecular formula is C72H68N10O4. The molecule has 14 heteroatoms. The molecule has 0 aliphatic heterocycles. The Morgan fingerprint density at radius 1 is 0.233 bits per heavy atom. The molecule has 0 radical (unpaired) electrons. The van der Waals surface area contributed by atoms with Gasteiger partial charge in [0.05, 0.1) is 0 Å². The first-order valence-corrected chi connectivity index (χ1v) is 28.5. The van der Waals surface area contributed by atoms with Gasteiger partial charge < -0.3 is 42.5 Å². The number of nitrogens with zero attached hydrogens (tertiary/aromatic N) is 2. The minimum absolute atomic E-state index is 0.302. The van der Waals surface area contributed by atoms with E-state index in [0.29, 0.717) is 72.5 Å². The number of rotatable bonds is 21. The molecule has 0 heterocycles. The third kappa shape index (κ3) is 18.1. The van der Waals surface area contributed by atoms with Crippen molar-refractivity contribution in [1.82, 2.24) is 9.80 Å². The zero-order chi connectivity index (χ0) is 59.5. The summed E-state index contributed by atoms with van der Waals surface area (Å²) in [6.07, 6.45) is 0. The molecule has 0 unspecified atom stereocenters. The topological polar surface area (TPSA) is 171 Å². The third-order valence-electron chi connectivity index (χ3n) is 14.2. The maximum Gasteiger partial charge on any atom is 0.323 e. The van der Waals surface area contributed by atoms with Crippen molar-refractivity contribution in [2.24, 2.45) is 0 Å². The number of carbonyl (C=O) groups excluding carboxylic acids is 4. The highest BCUT2D eigenvalue weighted by Crippen LogP contribution is 2.26. The summed E-state index contributed by atoms with van der Waals surface area (Å²) in [5.74, 6) is 0. The van der Waals surface area contributed by atoms with E-state index in [1.165, 1.54) is 5.56 Å². The molecule has 0 saturated heterocycles. The second kappa shape index (κ2) is 28.9. The number of carbonyl (C=O) groups is 4. The highest BCUT2D eigenvalue weighted by Gasteiger charge is 2.14. The van der Waals surface area contributed by atoms with Crippen LogP contribution in [0.15, 0.2) is 255 Å². The molecular weight excluding hydrogens is 1070 g/mol. The van der Waals surface area contributed by atoms with Gasteiger partial charge in [-0.3, -0.25) is 9.80 Å².